The number of likely N-dealkylation sites (tertiary alicyclic amines) is 1. The first-order chi connectivity index (χ1) is 11.5. The molecule has 6 heteroatoms. The molecule has 2 fully saturated rings. The van der Waals surface area contributed by atoms with Crippen molar-refractivity contribution in [2.75, 3.05) is 39.3 Å². The van der Waals surface area contributed by atoms with E-state index in [9.17, 15) is 13.9 Å². The molecule has 0 aromatic heterocycles. The Hall–Kier alpha value is -1.08. The summed E-state index contributed by atoms with van der Waals surface area (Å²) < 4.78 is 32.6. The molecule has 1 aromatic carbocycles. The van der Waals surface area contributed by atoms with Crippen LogP contribution in [0.25, 0.3) is 0 Å². The van der Waals surface area contributed by atoms with Crippen molar-refractivity contribution in [2.45, 2.75) is 38.0 Å². The van der Waals surface area contributed by atoms with E-state index in [-0.39, 0.29) is 11.7 Å². The Labute approximate surface area is 142 Å². The number of β-amino-alcohol motifs (C(OH)–C–C–N with tert-alkyl or cyclic N) is 1. The quantitative estimate of drug-likeness (QED) is 0.911. The fourth-order valence-corrected chi connectivity index (χ4v) is 3.76. The first kappa shape index (κ1) is 17.7. The molecule has 1 N–H and O–H groups in total. The molecule has 2 saturated heterocycles. The van der Waals surface area contributed by atoms with Crippen molar-refractivity contribution in [1.82, 2.24) is 9.80 Å². The molecule has 0 saturated carbocycles. The first-order valence-electron chi connectivity index (χ1n) is 8.74. The summed E-state index contributed by atoms with van der Waals surface area (Å²) in [5.74, 6) is -1.08. The number of rotatable bonds is 4. The van der Waals surface area contributed by atoms with E-state index in [0.717, 1.165) is 63.8 Å². The van der Waals surface area contributed by atoms with Gasteiger partial charge in [0.2, 0.25) is 0 Å². The summed E-state index contributed by atoms with van der Waals surface area (Å²) in [6.07, 6.45) is 1.35. The Kier molecular flexibility index (Phi) is 5.81. The van der Waals surface area contributed by atoms with Crippen LogP contribution in [-0.2, 0) is 4.74 Å². The Bertz CT molecular complexity index is 550. The lowest BCUT2D eigenvalue weighted by Crippen LogP contribution is -2.51. The maximum absolute atomic E-state index is 13.8. The van der Waals surface area contributed by atoms with E-state index in [1.54, 1.807) is 0 Å². The zero-order valence-electron chi connectivity index (χ0n) is 14.1. The fourth-order valence-electron chi connectivity index (χ4n) is 3.76. The van der Waals surface area contributed by atoms with Crippen molar-refractivity contribution >= 4 is 0 Å². The van der Waals surface area contributed by atoms with Crippen molar-refractivity contribution in [3.63, 3.8) is 0 Å². The number of aliphatic hydroxyl groups is 1. The predicted octanol–water partition coefficient (Wildman–Crippen LogP) is 2.18. The van der Waals surface area contributed by atoms with Crippen LogP contribution in [0.1, 0.15) is 31.4 Å². The fraction of sp³-hybridized carbons (Fsp3) is 0.667. The Balaban J connectivity index is 1.50. The third kappa shape index (κ3) is 4.30. The lowest BCUT2D eigenvalue weighted by molar-refractivity contribution is -0.0450. The Morgan fingerprint density at radius 3 is 2.71 bits per heavy atom. The summed E-state index contributed by atoms with van der Waals surface area (Å²) in [7, 11) is 0. The number of benzene rings is 1. The van der Waals surface area contributed by atoms with Crippen LogP contribution < -0.4 is 0 Å². The smallest absolute Gasteiger partial charge is 0.129 e. The monoisotopic (exact) mass is 340 g/mol. The highest BCUT2D eigenvalue weighted by atomic mass is 19.1. The average molecular weight is 340 g/mol. The van der Waals surface area contributed by atoms with E-state index in [2.05, 4.69) is 16.7 Å². The van der Waals surface area contributed by atoms with Crippen LogP contribution in [0.4, 0.5) is 8.78 Å². The number of piperidine rings is 1. The van der Waals surface area contributed by atoms with Gasteiger partial charge < -0.3 is 14.7 Å². The van der Waals surface area contributed by atoms with Crippen LogP contribution in [0.3, 0.4) is 0 Å². The van der Waals surface area contributed by atoms with Gasteiger partial charge in [0.05, 0.1) is 18.8 Å². The van der Waals surface area contributed by atoms with Gasteiger partial charge in [0.25, 0.3) is 0 Å². The number of nitrogens with zero attached hydrogens (tertiary/aromatic N) is 2. The van der Waals surface area contributed by atoms with Gasteiger partial charge in [0, 0.05) is 31.2 Å². The minimum absolute atomic E-state index is 0.0409. The van der Waals surface area contributed by atoms with E-state index < -0.39 is 17.7 Å². The van der Waals surface area contributed by atoms with Gasteiger partial charge in [-0.15, -0.1) is 0 Å². The Morgan fingerprint density at radius 1 is 1.25 bits per heavy atom. The van der Waals surface area contributed by atoms with Crippen LogP contribution in [0.5, 0.6) is 0 Å². The van der Waals surface area contributed by atoms with Gasteiger partial charge in [-0.3, -0.25) is 4.90 Å². The van der Waals surface area contributed by atoms with Crippen LogP contribution in [0, 0.1) is 11.6 Å². The van der Waals surface area contributed by atoms with E-state index in [1.807, 2.05) is 0 Å². The molecule has 24 heavy (non-hydrogen) atoms. The van der Waals surface area contributed by atoms with Gasteiger partial charge in [0.1, 0.15) is 11.6 Å². The number of ether oxygens (including phenoxy) is 1. The molecule has 2 unspecified atom stereocenters. The number of hydrogen-bond acceptors (Lipinski definition) is 4. The molecule has 0 aliphatic carbocycles. The molecule has 2 aliphatic heterocycles. The molecule has 2 aliphatic rings. The molecule has 0 radical (unpaired) electrons. The second-order valence-electron chi connectivity index (χ2n) is 6.89. The summed E-state index contributed by atoms with van der Waals surface area (Å²) in [4.78, 5) is 4.63. The lowest BCUT2D eigenvalue weighted by atomic mass is 10.0. The minimum atomic E-state index is -0.999. The second-order valence-corrected chi connectivity index (χ2v) is 6.89. The van der Waals surface area contributed by atoms with Crippen molar-refractivity contribution in [1.29, 1.82) is 0 Å². The van der Waals surface area contributed by atoms with Crippen LogP contribution in [0.15, 0.2) is 18.2 Å². The van der Waals surface area contributed by atoms with Crippen molar-refractivity contribution in [3.8, 4) is 0 Å². The molecule has 4 nitrogen and oxygen atoms in total. The topological polar surface area (TPSA) is 35.9 Å². The number of morpholine rings is 1. The van der Waals surface area contributed by atoms with Crippen molar-refractivity contribution in [2.24, 2.45) is 0 Å². The average Bonchev–Trinajstić information content (AvgIpc) is 2.57. The van der Waals surface area contributed by atoms with Crippen molar-refractivity contribution in [3.05, 3.63) is 35.4 Å². The minimum Gasteiger partial charge on any atom is -0.387 e. The number of hydrogen-bond donors (Lipinski definition) is 1. The van der Waals surface area contributed by atoms with Gasteiger partial charge in [-0.2, -0.15) is 0 Å². The molecule has 3 rings (SSSR count). The molecule has 1 aromatic rings. The van der Waals surface area contributed by atoms with Gasteiger partial charge in [0.15, 0.2) is 0 Å². The zero-order chi connectivity index (χ0) is 17.1. The Morgan fingerprint density at radius 2 is 2.00 bits per heavy atom. The van der Waals surface area contributed by atoms with Crippen LogP contribution in [-0.4, -0.2) is 66.4 Å². The highest BCUT2D eigenvalue weighted by molar-refractivity contribution is 5.21. The molecule has 0 bridgehead atoms. The van der Waals surface area contributed by atoms with Crippen LogP contribution in [0.2, 0.25) is 0 Å². The van der Waals surface area contributed by atoms with E-state index in [4.69, 9.17) is 4.74 Å². The normalized spacial score (nSPS) is 25.8. The summed E-state index contributed by atoms with van der Waals surface area (Å²) in [6, 6.07) is 3.78. The summed E-state index contributed by atoms with van der Waals surface area (Å²) >= 11 is 0. The molecule has 2 heterocycles. The second kappa shape index (κ2) is 7.87. The highest BCUT2D eigenvalue weighted by Crippen LogP contribution is 2.23. The first-order valence-corrected chi connectivity index (χ1v) is 8.74. The molecule has 0 amide bonds. The molecular formula is C18H26F2N2O2. The molecule has 0 spiro atoms. The van der Waals surface area contributed by atoms with E-state index in [0.29, 0.717) is 12.6 Å². The van der Waals surface area contributed by atoms with Crippen molar-refractivity contribution < 1.29 is 18.6 Å². The standard InChI is InChI=1S/C18H26F2N2O2/c1-13-11-22(8-9-24-13)15-4-6-21(7-5-15)12-18(23)16-10-14(19)2-3-17(16)20/h2-3,10,13,15,18,23H,4-9,11-12H2,1H3. The number of aliphatic hydroxyl groups excluding tert-OH is 1. The third-order valence-corrected chi connectivity index (χ3v) is 5.09. The maximum atomic E-state index is 13.8. The summed E-state index contributed by atoms with van der Waals surface area (Å²) in [6.45, 7) is 6.92. The van der Waals surface area contributed by atoms with Gasteiger partial charge in [-0.05, 0) is 51.1 Å². The predicted molar refractivity (Wildman–Crippen MR) is 87.8 cm³/mol. The van der Waals surface area contributed by atoms with E-state index >= 15 is 0 Å². The highest BCUT2D eigenvalue weighted by Gasteiger charge is 2.29. The summed E-state index contributed by atoms with van der Waals surface area (Å²) in [5, 5.41) is 10.3. The largest absolute Gasteiger partial charge is 0.387 e. The lowest BCUT2D eigenvalue weighted by Gasteiger charge is -2.42. The zero-order valence-corrected chi connectivity index (χ0v) is 14.1. The number of halogens is 2. The summed E-state index contributed by atoms with van der Waals surface area (Å²) in [5.41, 5.74) is 0.0409. The van der Waals surface area contributed by atoms with Gasteiger partial charge in [-0.25, -0.2) is 8.78 Å². The molecular weight excluding hydrogens is 314 g/mol. The molecule has 2 atom stereocenters. The molecule has 134 valence electrons. The third-order valence-electron chi connectivity index (χ3n) is 5.09. The SMILES string of the molecule is CC1CN(C2CCN(CC(O)c3cc(F)ccc3F)CC2)CCO1. The maximum Gasteiger partial charge on any atom is 0.129 e. The van der Waals surface area contributed by atoms with E-state index in [1.165, 1.54) is 0 Å². The van der Waals surface area contributed by atoms with Gasteiger partial charge >= 0.3 is 0 Å². The van der Waals surface area contributed by atoms with Gasteiger partial charge in [-0.1, -0.05) is 0 Å². The van der Waals surface area contributed by atoms with Crippen LogP contribution >= 0.6 is 0 Å².